The minimum absolute atomic E-state index is 0.373. The molecule has 1 fully saturated rings. The van der Waals surface area contributed by atoms with Crippen molar-refractivity contribution in [1.29, 1.82) is 0 Å². The lowest BCUT2D eigenvalue weighted by Gasteiger charge is -2.10. The summed E-state index contributed by atoms with van der Waals surface area (Å²) < 4.78 is 4.48. The molecule has 1 aliphatic carbocycles. The zero-order chi connectivity index (χ0) is 8.72. The first-order chi connectivity index (χ1) is 5.68. The molecule has 0 spiro atoms. The van der Waals surface area contributed by atoms with Crippen molar-refractivity contribution >= 4 is 11.9 Å². The molecule has 3 nitrogen and oxygen atoms in total. The van der Waals surface area contributed by atoms with Crippen LogP contribution in [0, 0.1) is 11.8 Å². The van der Waals surface area contributed by atoms with Crippen molar-refractivity contribution in [2.24, 2.45) is 11.8 Å². The van der Waals surface area contributed by atoms with Gasteiger partial charge in [0.15, 0.2) is 0 Å². The van der Waals surface area contributed by atoms with E-state index in [1.807, 2.05) is 13.0 Å². The van der Waals surface area contributed by atoms with E-state index in [0.717, 1.165) is 5.57 Å². The van der Waals surface area contributed by atoms with Crippen LogP contribution in [0.1, 0.15) is 6.92 Å². The molecule has 62 valence electrons. The summed E-state index contributed by atoms with van der Waals surface area (Å²) in [6.45, 7) is 1.89. The van der Waals surface area contributed by atoms with Gasteiger partial charge in [0.1, 0.15) is 0 Å². The van der Waals surface area contributed by atoms with Crippen LogP contribution >= 0.6 is 0 Å². The van der Waals surface area contributed by atoms with Crippen molar-refractivity contribution in [2.45, 2.75) is 6.92 Å². The van der Waals surface area contributed by atoms with E-state index in [9.17, 15) is 9.59 Å². The number of cyclic esters (lactones) is 2. The van der Waals surface area contributed by atoms with E-state index in [4.69, 9.17) is 0 Å². The zero-order valence-electron chi connectivity index (χ0n) is 6.61. The van der Waals surface area contributed by atoms with Gasteiger partial charge in [0.2, 0.25) is 0 Å². The summed E-state index contributed by atoms with van der Waals surface area (Å²) in [4.78, 5) is 22.0. The van der Waals surface area contributed by atoms with Crippen molar-refractivity contribution in [3.05, 3.63) is 23.8 Å². The molecule has 1 aliphatic heterocycles. The van der Waals surface area contributed by atoms with Gasteiger partial charge in [-0.3, -0.25) is 9.59 Å². The second-order valence-electron chi connectivity index (χ2n) is 3.06. The summed E-state index contributed by atoms with van der Waals surface area (Å²) in [6, 6.07) is 0. The number of rotatable bonds is 0. The molecule has 0 aromatic rings. The highest BCUT2D eigenvalue weighted by atomic mass is 16.6. The number of hydrogen-bond donors (Lipinski definition) is 0. The largest absolute Gasteiger partial charge is 0.392 e. The average Bonchev–Trinajstić information content (AvgIpc) is 2.28. The van der Waals surface area contributed by atoms with Crippen molar-refractivity contribution in [2.75, 3.05) is 0 Å². The van der Waals surface area contributed by atoms with E-state index in [1.54, 1.807) is 12.2 Å². The van der Waals surface area contributed by atoms with Crippen LogP contribution in [0.25, 0.3) is 0 Å². The maximum absolute atomic E-state index is 11.0. The molecule has 0 bridgehead atoms. The van der Waals surface area contributed by atoms with Gasteiger partial charge in [0.05, 0.1) is 11.8 Å². The van der Waals surface area contributed by atoms with Gasteiger partial charge in [-0.2, -0.15) is 0 Å². The van der Waals surface area contributed by atoms with Gasteiger partial charge in [0, 0.05) is 0 Å². The van der Waals surface area contributed by atoms with Crippen molar-refractivity contribution in [1.82, 2.24) is 0 Å². The Balaban J connectivity index is 2.37. The Morgan fingerprint density at radius 2 is 1.92 bits per heavy atom. The lowest BCUT2D eigenvalue weighted by Crippen LogP contribution is -2.15. The van der Waals surface area contributed by atoms with Crippen LogP contribution in [0.2, 0.25) is 0 Å². The van der Waals surface area contributed by atoms with E-state index in [-0.39, 0.29) is 11.8 Å². The third kappa shape index (κ3) is 0.897. The van der Waals surface area contributed by atoms with Gasteiger partial charge in [-0.25, -0.2) is 0 Å². The fourth-order valence-electron chi connectivity index (χ4n) is 1.49. The summed E-state index contributed by atoms with van der Waals surface area (Å²) >= 11 is 0. The average molecular weight is 164 g/mol. The minimum atomic E-state index is -0.426. The third-order valence-electron chi connectivity index (χ3n) is 2.14. The molecule has 0 radical (unpaired) electrons. The number of carbonyl (C=O) groups excluding carboxylic acids is 2. The van der Waals surface area contributed by atoms with E-state index in [1.165, 1.54) is 0 Å². The first-order valence-corrected chi connectivity index (χ1v) is 3.80. The lowest BCUT2D eigenvalue weighted by atomic mass is 9.88. The van der Waals surface area contributed by atoms with Gasteiger partial charge < -0.3 is 4.74 Å². The molecule has 3 heteroatoms. The molecule has 0 N–H and O–H groups in total. The van der Waals surface area contributed by atoms with Gasteiger partial charge >= 0.3 is 11.9 Å². The quantitative estimate of drug-likeness (QED) is 0.393. The fraction of sp³-hybridized carbons (Fsp3) is 0.333. The van der Waals surface area contributed by atoms with Crippen LogP contribution in [0.15, 0.2) is 23.8 Å². The molecule has 2 atom stereocenters. The Morgan fingerprint density at radius 1 is 1.25 bits per heavy atom. The van der Waals surface area contributed by atoms with Crippen LogP contribution in [-0.4, -0.2) is 11.9 Å². The SMILES string of the molecule is CC1=CC2C(=O)OC(=O)C2C=C1. The number of carbonyl (C=O) groups is 2. The molecule has 1 saturated heterocycles. The van der Waals surface area contributed by atoms with Crippen molar-refractivity contribution in [3.63, 3.8) is 0 Å². The summed E-state index contributed by atoms with van der Waals surface area (Å²) in [7, 11) is 0. The van der Waals surface area contributed by atoms with Crippen LogP contribution in [0.5, 0.6) is 0 Å². The molecule has 0 amide bonds. The first kappa shape index (κ1) is 7.28. The number of allylic oxidation sites excluding steroid dienone is 2. The normalized spacial score (nSPS) is 32.9. The van der Waals surface area contributed by atoms with E-state index >= 15 is 0 Å². The number of esters is 2. The molecular formula is C9H8O3. The summed E-state index contributed by atoms with van der Waals surface area (Å²) in [5.41, 5.74) is 1.00. The number of fused-ring (bicyclic) bond motifs is 1. The Morgan fingerprint density at radius 3 is 2.67 bits per heavy atom. The monoisotopic (exact) mass is 164 g/mol. The molecule has 12 heavy (non-hydrogen) atoms. The van der Waals surface area contributed by atoms with E-state index in [2.05, 4.69) is 4.74 Å². The van der Waals surface area contributed by atoms with Gasteiger partial charge in [-0.1, -0.05) is 23.8 Å². The maximum atomic E-state index is 11.0. The van der Waals surface area contributed by atoms with Crippen LogP contribution in [0.3, 0.4) is 0 Å². The van der Waals surface area contributed by atoms with Gasteiger partial charge in [-0.15, -0.1) is 0 Å². The molecule has 2 aliphatic rings. The highest BCUT2D eigenvalue weighted by Gasteiger charge is 2.42. The predicted octanol–water partition coefficient (Wildman–Crippen LogP) is 0.818. The maximum Gasteiger partial charge on any atom is 0.321 e. The van der Waals surface area contributed by atoms with Crippen molar-refractivity contribution < 1.29 is 14.3 Å². The smallest absolute Gasteiger partial charge is 0.321 e. The second-order valence-corrected chi connectivity index (χ2v) is 3.06. The summed E-state index contributed by atoms with van der Waals surface area (Å²) in [5, 5.41) is 0. The standard InChI is InChI=1S/C9H8O3/c1-5-2-3-6-7(4-5)9(11)12-8(6)10/h2-4,6-7H,1H3. The number of ether oxygens (including phenoxy) is 1. The Labute approximate surface area is 69.7 Å². The highest BCUT2D eigenvalue weighted by molar-refractivity contribution is 5.99. The molecule has 0 aromatic carbocycles. The van der Waals surface area contributed by atoms with Crippen LogP contribution in [0.4, 0.5) is 0 Å². The van der Waals surface area contributed by atoms with Crippen LogP contribution < -0.4 is 0 Å². The number of hydrogen-bond acceptors (Lipinski definition) is 3. The second kappa shape index (κ2) is 2.30. The highest BCUT2D eigenvalue weighted by Crippen LogP contribution is 2.30. The minimum Gasteiger partial charge on any atom is -0.392 e. The molecule has 2 unspecified atom stereocenters. The Bertz CT molecular complexity index is 312. The zero-order valence-corrected chi connectivity index (χ0v) is 6.61. The van der Waals surface area contributed by atoms with Gasteiger partial charge in [0.25, 0.3) is 0 Å². The van der Waals surface area contributed by atoms with E-state index in [0.29, 0.717) is 0 Å². The molecule has 0 saturated carbocycles. The molecule has 2 rings (SSSR count). The topological polar surface area (TPSA) is 43.4 Å². The van der Waals surface area contributed by atoms with E-state index < -0.39 is 11.9 Å². The first-order valence-electron chi connectivity index (χ1n) is 3.80. The Hall–Kier alpha value is -1.38. The van der Waals surface area contributed by atoms with Gasteiger partial charge in [-0.05, 0) is 6.92 Å². The fourth-order valence-corrected chi connectivity index (χ4v) is 1.49. The molecular weight excluding hydrogens is 156 g/mol. The Kier molecular flexibility index (Phi) is 1.40. The summed E-state index contributed by atoms with van der Waals surface area (Å²) in [5.74, 6) is -1.60. The molecule has 0 aromatic heterocycles. The van der Waals surface area contributed by atoms with Crippen molar-refractivity contribution in [3.8, 4) is 0 Å². The lowest BCUT2D eigenvalue weighted by molar-refractivity contribution is -0.153. The third-order valence-corrected chi connectivity index (χ3v) is 2.14. The predicted molar refractivity (Wildman–Crippen MR) is 41.0 cm³/mol. The van der Waals surface area contributed by atoms with Crippen LogP contribution in [-0.2, 0) is 14.3 Å². The summed E-state index contributed by atoms with van der Waals surface area (Å²) in [6.07, 6.45) is 5.34. The molecule has 1 heterocycles.